The first-order valence-corrected chi connectivity index (χ1v) is 7.45. The van der Waals surface area contributed by atoms with Gasteiger partial charge in [-0.25, -0.2) is 14.4 Å². The molecule has 2 N–H and O–H groups in total. The van der Waals surface area contributed by atoms with Gasteiger partial charge in [0.05, 0.1) is 5.52 Å². The number of nitrogens with zero attached hydrogens (tertiary/aromatic N) is 2. The molecule has 3 nitrogen and oxygen atoms in total. The van der Waals surface area contributed by atoms with Crippen LogP contribution in [0.4, 0.5) is 4.39 Å². The lowest BCUT2D eigenvalue weighted by Gasteiger charge is -2.07. The van der Waals surface area contributed by atoms with Crippen LogP contribution in [0, 0.1) is 5.82 Å². The van der Waals surface area contributed by atoms with E-state index in [1.54, 1.807) is 12.1 Å². The molecule has 3 aromatic rings. The van der Waals surface area contributed by atoms with Gasteiger partial charge in [-0.15, -0.1) is 0 Å². The van der Waals surface area contributed by atoms with Crippen molar-refractivity contribution in [3.63, 3.8) is 0 Å². The van der Waals surface area contributed by atoms with Crippen molar-refractivity contribution in [1.29, 1.82) is 0 Å². The molecule has 0 aliphatic heterocycles. The van der Waals surface area contributed by atoms with Crippen molar-refractivity contribution in [1.82, 2.24) is 9.97 Å². The smallest absolute Gasteiger partial charge is 0.137 e. The van der Waals surface area contributed by atoms with Crippen molar-refractivity contribution in [3.8, 4) is 0 Å². The summed E-state index contributed by atoms with van der Waals surface area (Å²) in [6.07, 6.45) is 2.18. The van der Waals surface area contributed by atoms with E-state index in [1.165, 1.54) is 18.1 Å². The Morgan fingerprint density at radius 3 is 2.76 bits per heavy atom. The van der Waals surface area contributed by atoms with Gasteiger partial charge in [0.2, 0.25) is 0 Å². The van der Waals surface area contributed by atoms with Gasteiger partial charge in [0.25, 0.3) is 0 Å². The van der Waals surface area contributed by atoms with E-state index >= 15 is 0 Å². The Hall–Kier alpha value is -1.98. The fourth-order valence-corrected chi connectivity index (χ4v) is 3.00. The molecule has 0 saturated carbocycles. The minimum Gasteiger partial charge on any atom is -0.330 e. The summed E-state index contributed by atoms with van der Waals surface area (Å²) in [6.45, 7) is 0.516. The third-order valence-electron chi connectivity index (χ3n) is 3.14. The summed E-state index contributed by atoms with van der Waals surface area (Å²) in [5.74, 6) is -0.242. The van der Waals surface area contributed by atoms with Gasteiger partial charge in [0.15, 0.2) is 0 Å². The van der Waals surface area contributed by atoms with E-state index in [2.05, 4.69) is 9.97 Å². The predicted molar refractivity (Wildman–Crippen MR) is 82.8 cm³/mol. The van der Waals surface area contributed by atoms with E-state index in [1.807, 2.05) is 30.3 Å². The monoisotopic (exact) mass is 299 g/mol. The molecule has 1 heterocycles. The fourth-order valence-electron chi connectivity index (χ4n) is 2.11. The van der Waals surface area contributed by atoms with Crippen molar-refractivity contribution in [3.05, 3.63) is 60.2 Å². The molecule has 3 rings (SSSR count). The summed E-state index contributed by atoms with van der Waals surface area (Å²) in [5, 5.41) is 1.68. The highest BCUT2D eigenvalue weighted by atomic mass is 32.2. The van der Waals surface area contributed by atoms with Crippen LogP contribution in [0.25, 0.3) is 10.9 Å². The second-order valence-corrected chi connectivity index (χ2v) is 5.63. The Labute approximate surface area is 126 Å². The number of para-hydroxylation sites is 1. The molecule has 0 bridgehead atoms. The van der Waals surface area contributed by atoms with Gasteiger partial charge in [0, 0.05) is 10.3 Å². The zero-order valence-corrected chi connectivity index (χ0v) is 12.1. The fraction of sp³-hybridized carbons (Fsp3) is 0.125. The van der Waals surface area contributed by atoms with Gasteiger partial charge in [-0.3, -0.25) is 0 Å². The molecule has 2 aromatic carbocycles. The van der Waals surface area contributed by atoms with Gasteiger partial charge in [-0.2, -0.15) is 0 Å². The first kappa shape index (κ1) is 14.0. The zero-order valence-electron chi connectivity index (χ0n) is 11.3. The standard InChI is InChI=1S/C16H14FN3S/c17-13-9-11(7-8-18)5-6-15(13)21-16-12-3-1-2-4-14(12)19-10-20-16/h1-6,9-10H,7-8,18H2. The molecule has 5 heteroatoms. The van der Waals surface area contributed by atoms with Gasteiger partial charge < -0.3 is 5.73 Å². The first-order chi connectivity index (χ1) is 10.3. The number of aromatic nitrogens is 2. The van der Waals surface area contributed by atoms with Gasteiger partial charge in [-0.1, -0.05) is 36.0 Å². The highest BCUT2D eigenvalue weighted by molar-refractivity contribution is 7.99. The molecule has 0 aliphatic rings. The summed E-state index contributed by atoms with van der Waals surface area (Å²) < 4.78 is 14.2. The van der Waals surface area contributed by atoms with Gasteiger partial charge in [0.1, 0.15) is 17.2 Å². The SMILES string of the molecule is NCCc1ccc(Sc2ncnc3ccccc23)c(F)c1. The third kappa shape index (κ3) is 3.04. The number of hydrogen-bond donors (Lipinski definition) is 1. The highest BCUT2D eigenvalue weighted by Gasteiger charge is 2.09. The van der Waals surface area contributed by atoms with Crippen LogP contribution < -0.4 is 5.73 Å². The average Bonchev–Trinajstić information content (AvgIpc) is 2.51. The topological polar surface area (TPSA) is 51.8 Å². The molecular weight excluding hydrogens is 285 g/mol. The van der Waals surface area contributed by atoms with E-state index in [4.69, 9.17) is 5.73 Å². The Bertz CT molecular complexity index is 771. The number of halogens is 1. The van der Waals surface area contributed by atoms with Crippen LogP contribution in [0.3, 0.4) is 0 Å². The second kappa shape index (κ2) is 6.20. The van der Waals surface area contributed by atoms with Crippen molar-refractivity contribution >= 4 is 22.7 Å². The lowest BCUT2D eigenvalue weighted by Crippen LogP contribution is -2.03. The minimum atomic E-state index is -0.242. The quantitative estimate of drug-likeness (QED) is 0.750. The Morgan fingerprint density at radius 1 is 1.10 bits per heavy atom. The predicted octanol–water partition coefficient (Wildman–Crippen LogP) is 3.42. The molecule has 0 amide bonds. The number of hydrogen-bond acceptors (Lipinski definition) is 4. The van der Waals surface area contributed by atoms with Gasteiger partial charge in [-0.05, 0) is 36.7 Å². The number of nitrogens with two attached hydrogens (primary N) is 1. The third-order valence-corrected chi connectivity index (χ3v) is 4.21. The Morgan fingerprint density at radius 2 is 1.95 bits per heavy atom. The maximum absolute atomic E-state index is 14.2. The van der Waals surface area contributed by atoms with E-state index in [-0.39, 0.29) is 5.82 Å². The maximum Gasteiger partial charge on any atom is 0.137 e. The van der Waals surface area contributed by atoms with Crippen LogP contribution in [-0.4, -0.2) is 16.5 Å². The highest BCUT2D eigenvalue weighted by Crippen LogP contribution is 2.32. The zero-order chi connectivity index (χ0) is 14.7. The second-order valence-electron chi connectivity index (χ2n) is 4.60. The molecule has 0 atom stereocenters. The normalized spacial score (nSPS) is 11.0. The van der Waals surface area contributed by atoms with Crippen LogP contribution in [0.5, 0.6) is 0 Å². The summed E-state index contributed by atoms with van der Waals surface area (Å²) >= 11 is 1.31. The van der Waals surface area contributed by atoms with Crippen LogP contribution >= 0.6 is 11.8 Å². The van der Waals surface area contributed by atoms with Crippen molar-refractivity contribution < 1.29 is 4.39 Å². The average molecular weight is 299 g/mol. The van der Waals surface area contributed by atoms with E-state index in [9.17, 15) is 4.39 Å². The molecule has 0 unspecified atom stereocenters. The summed E-state index contributed by atoms with van der Waals surface area (Å²) in [7, 11) is 0. The largest absolute Gasteiger partial charge is 0.330 e. The van der Waals surface area contributed by atoms with Crippen LogP contribution in [0.15, 0.2) is 58.7 Å². The van der Waals surface area contributed by atoms with Crippen molar-refractivity contribution in [2.75, 3.05) is 6.54 Å². The Kier molecular flexibility index (Phi) is 4.13. The summed E-state index contributed by atoms with van der Waals surface area (Å²) in [5.41, 5.74) is 7.26. The molecule has 0 spiro atoms. The van der Waals surface area contributed by atoms with Gasteiger partial charge >= 0.3 is 0 Å². The summed E-state index contributed by atoms with van der Waals surface area (Å²) in [4.78, 5) is 9.03. The lowest BCUT2D eigenvalue weighted by molar-refractivity contribution is 0.599. The Balaban J connectivity index is 1.95. The molecule has 0 saturated heterocycles. The number of rotatable bonds is 4. The van der Waals surface area contributed by atoms with E-state index in [0.717, 1.165) is 21.5 Å². The molecule has 0 fully saturated rings. The number of benzene rings is 2. The molecular formula is C16H14FN3S. The molecule has 0 radical (unpaired) electrons. The van der Waals surface area contributed by atoms with Crippen LogP contribution in [0.1, 0.15) is 5.56 Å². The first-order valence-electron chi connectivity index (χ1n) is 6.64. The molecule has 0 aliphatic carbocycles. The maximum atomic E-state index is 14.2. The van der Waals surface area contributed by atoms with Crippen molar-refractivity contribution in [2.24, 2.45) is 5.73 Å². The molecule has 106 valence electrons. The van der Waals surface area contributed by atoms with E-state index in [0.29, 0.717) is 17.9 Å². The number of fused-ring (bicyclic) bond motifs is 1. The van der Waals surface area contributed by atoms with Crippen molar-refractivity contribution in [2.45, 2.75) is 16.3 Å². The lowest BCUT2D eigenvalue weighted by atomic mass is 10.1. The van der Waals surface area contributed by atoms with E-state index < -0.39 is 0 Å². The van der Waals surface area contributed by atoms with Crippen LogP contribution in [0.2, 0.25) is 0 Å². The minimum absolute atomic E-state index is 0.242. The molecule has 21 heavy (non-hydrogen) atoms. The van der Waals surface area contributed by atoms with Crippen LogP contribution in [-0.2, 0) is 6.42 Å². The summed E-state index contributed by atoms with van der Waals surface area (Å²) in [6, 6.07) is 12.9. The molecule has 1 aromatic heterocycles.